The van der Waals surface area contributed by atoms with Crippen molar-refractivity contribution in [3.8, 4) is 0 Å². The first-order valence-electron chi connectivity index (χ1n) is 7.20. The Morgan fingerprint density at radius 3 is 2.68 bits per heavy atom. The molecule has 1 saturated heterocycles. The Kier molecular flexibility index (Phi) is 5.31. The zero-order valence-electron chi connectivity index (χ0n) is 12.1. The first-order valence-corrected chi connectivity index (χ1v) is 8.35. The molecule has 1 aromatic rings. The standard InChI is InChI=1S/C14H24N4S/c1-4-12-17-13(15-5-2)10(3)14(18-12)16-11-7-6-8-19-9-11/h11H,4-9H2,1-3H3,(H2,15,16,17,18). The lowest BCUT2D eigenvalue weighted by molar-refractivity contribution is 0.680. The zero-order valence-corrected chi connectivity index (χ0v) is 12.9. The number of aromatic nitrogens is 2. The van der Waals surface area contributed by atoms with Gasteiger partial charge in [-0.1, -0.05) is 6.92 Å². The summed E-state index contributed by atoms with van der Waals surface area (Å²) >= 11 is 2.03. The van der Waals surface area contributed by atoms with Crippen molar-refractivity contribution < 1.29 is 0 Å². The SMILES string of the molecule is CCNc1nc(CC)nc(NC2CCCSC2)c1C. The number of aryl methyl sites for hydroxylation is 1. The quantitative estimate of drug-likeness (QED) is 0.868. The van der Waals surface area contributed by atoms with Gasteiger partial charge in [0.2, 0.25) is 0 Å². The lowest BCUT2D eigenvalue weighted by atomic mass is 10.1. The van der Waals surface area contributed by atoms with Gasteiger partial charge in [0.1, 0.15) is 17.5 Å². The van der Waals surface area contributed by atoms with Gasteiger partial charge in [-0.05, 0) is 32.4 Å². The minimum atomic E-state index is 0.548. The van der Waals surface area contributed by atoms with Gasteiger partial charge < -0.3 is 10.6 Å². The molecule has 1 atom stereocenters. The molecular weight excluding hydrogens is 256 g/mol. The van der Waals surface area contributed by atoms with Gasteiger partial charge in [-0.2, -0.15) is 11.8 Å². The summed E-state index contributed by atoms with van der Waals surface area (Å²) in [6.45, 7) is 7.17. The van der Waals surface area contributed by atoms with Gasteiger partial charge in [-0.25, -0.2) is 9.97 Å². The molecule has 1 unspecified atom stereocenters. The predicted molar refractivity (Wildman–Crippen MR) is 84.3 cm³/mol. The second-order valence-corrected chi connectivity index (χ2v) is 6.05. The van der Waals surface area contributed by atoms with E-state index in [1.165, 1.54) is 24.3 Å². The molecule has 0 aromatic carbocycles. The topological polar surface area (TPSA) is 49.8 Å². The number of nitrogens with zero attached hydrogens (tertiary/aromatic N) is 2. The Morgan fingerprint density at radius 1 is 1.26 bits per heavy atom. The molecule has 0 radical (unpaired) electrons. The third-order valence-corrected chi connectivity index (χ3v) is 4.57. The van der Waals surface area contributed by atoms with Gasteiger partial charge in [0.05, 0.1) is 0 Å². The zero-order chi connectivity index (χ0) is 13.7. The van der Waals surface area contributed by atoms with Crippen LogP contribution in [0.15, 0.2) is 0 Å². The molecule has 106 valence electrons. The van der Waals surface area contributed by atoms with Gasteiger partial charge in [-0.3, -0.25) is 0 Å². The van der Waals surface area contributed by atoms with E-state index in [4.69, 9.17) is 0 Å². The second-order valence-electron chi connectivity index (χ2n) is 4.90. The van der Waals surface area contributed by atoms with Gasteiger partial charge in [0, 0.05) is 30.3 Å². The van der Waals surface area contributed by atoms with E-state index in [-0.39, 0.29) is 0 Å². The molecular formula is C14H24N4S. The van der Waals surface area contributed by atoms with Crippen LogP contribution in [0.3, 0.4) is 0 Å². The van der Waals surface area contributed by atoms with Gasteiger partial charge in [0.15, 0.2) is 0 Å². The van der Waals surface area contributed by atoms with Crippen LogP contribution in [-0.2, 0) is 6.42 Å². The molecule has 5 heteroatoms. The fraction of sp³-hybridized carbons (Fsp3) is 0.714. The first-order chi connectivity index (χ1) is 9.24. The summed E-state index contributed by atoms with van der Waals surface area (Å²) in [7, 11) is 0. The highest BCUT2D eigenvalue weighted by Gasteiger charge is 2.17. The molecule has 1 aromatic heterocycles. The second kappa shape index (κ2) is 6.98. The Hall–Kier alpha value is -0.970. The molecule has 0 amide bonds. The summed E-state index contributed by atoms with van der Waals surface area (Å²) in [5.74, 6) is 5.37. The minimum Gasteiger partial charge on any atom is -0.370 e. The van der Waals surface area contributed by atoms with Crippen molar-refractivity contribution in [3.05, 3.63) is 11.4 Å². The summed E-state index contributed by atoms with van der Waals surface area (Å²) < 4.78 is 0. The molecule has 1 fully saturated rings. The molecule has 0 aliphatic carbocycles. The van der Waals surface area contributed by atoms with E-state index in [1.807, 2.05) is 11.8 Å². The Labute approximate surface area is 120 Å². The lowest BCUT2D eigenvalue weighted by Crippen LogP contribution is -2.27. The van der Waals surface area contributed by atoms with Crippen LogP contribution in [0.2, 0.25) is 0 Å². The van der Waals surface area contributed by atoms with Crippen molar-refractivity contribution in [2.75, 3.05) is 28.7 Å². The van der Waals surface area contributed by atoms with Crippen molar-refractivity contribution in [2.24, 2.45) is 0 Å². The van der Waals surface area contributed by atoms with Gasteiger partial charge >= 0.3 is 0 Å². The van der Waals surface area contributed by atoms with Crippen LogP contribution in [0.25, 0.3) is 0 Å². The average Bonchev–Trinajstić information content (AvgIpc) is 2.44. The van der Waals surface area contributed by atoms with Crippen molar-refractivity contribution in [2.45, 2.75) is 46.1 Å². The van der Waals surface area contributed by atoms with Crippen LogP contribution in [-0.4, -0.2) is 34.1 Å². The van der Waals surface area contributed by atoms with Gasteiger partial charge in [0.25, 0.3) is 0 Å². The normalized spacial score (nSPS) is 19.2. The summed E-state index contributed by atoms with van der Waals surface area (Å²) in [5.41, 5.74) is 1.13. The smallest absolute Gasteiger partial charge is 0.135 e. The fourth-order valence-electron chi connectivity index (χ4n) is 2.25. The van der Waals surface area contributed by atoms with Crippen molar-refractivity contribution in [1.82, 2.24) is 9.97 Å². The van der Waals surface area contributed by atoms with Gasteiger partial charge in [-0.15, -0.1) is 0 Å². The fourth-order valence-corrected chi connectivity index (χ4v) is 3.32. The molecule has 1 aliphatic heterocycles. The van der Waals surface area contributed by atoms with Crippen molar-refractivity contribution in [3.63, 3.8) is 0 Å². The van der Waals surface area contributed by atoms with Crippen LogP contribution < -0.4 is 10.6 Å². The van der Waals surface area contributed by atoms with E-state index < -0.39 is 0 Å². The van der Waals surface area contributed by atoms with E-state index in [0.29, 0.717) is 6.04 Å². The minimum absolute atomic E-state index is 0.548. The van der Waals surface area contributed by atoms with Crippen molar-refractivity contribution >= 4 is 23.4 Å². The lowest BCUT2D eigenvalue weighted by Gasteiger charge is -2.24. The summed E-state index contributed by atoms with van der Waals surface area (Å²) in [6, 6.07) is 0.548. The molecule has 19 heavy (non-hydrogen) atoms. The maximum atomic E-state index is 4.66. The monoisotopic (exact) mass is 280 g/mol. The molecule has 0 saturated carbocycles. The molecule has 2 rings (SSSR count). The highest BCUT2D eigenvalue weighted by atomic mass is 32.2. The van der Waals surface area contributed by atoms with E-state index in [9.17, 15) is 0 Å². The van der Waals surface area contributed by atoms with E-state index in [2.05, 4.69) is 41.4 Å². The van der Waals surface area contributed by atoms with E-state index in [1.54, 1.807) is 0 Å². The molecule has 2 N–H and O–H groups in total. The highest BCUT2D eigenvalue weighted by Crippen LogP contribution is 2.24. The van der Waals surface area contributed by atoms with Crippen LogP contribution in [0.1, 0.15) is 38.1 Å². The number of thioether (sulfide) groups is 1. The first kappa shape index (κ1) is 14.4. The summed E-state index contributed by atoms with van der Waals surface area (Å²) in [5, 5.41) is 6.94. The molecule has 0 bridgehead atoms. The average molecular weight is 280 g/mol. The Balaban J connectivity index is 2.19. The molecule has 4 nitrogen and oxygen atoms in total. The van der Waals surface area contributed by atoms with Crippen LogP contribution in [0, 0.1) is 6.92 Å². The Morgan fingerprint density at radius 2 is 2.05 bits per heavy atom. The highest BCUT2D eigenvalue weighted by molar-refractivity contribution is 7.99. The molecule has 2 heterocycles. The van der Waals surface area contributed by atoms with E-state index in [0.717, 1.165) is 36.0 Å². The largest absolute Gasteiger partial charge is 0.370 e. The number of hydrogen-bond donors (Lipinski definition) is 2. The molecule has 1 aliphatic rings. The van der Waals surface area contributed by atoms with Crippen molar-refractivity contribution in [1.29, 1.82) is 0 Å². The third-order valence-electron chi connectivity index (χ3n) is 3.35. The third kappa shape index (κ3) is 3.75. The predicted octanol–water partition coefficient (Wildman–Crippen LogP) is 3.09. The van der Waals surface area contributed by atoms with Crippen LogP contribution >= 0.6 is 11.8 Å². The van der Waals surface area contributed by atoms with Crippen LogP contribution in [0.5, 0.6) is 0 Å². The number of rotatable bonds is 5. The van der Waals surface area contributed by atoms with E-state index >= 15 is 0 Å². The maximum Gasteiger partial charge on any atom is 0.135 e. The molecule has 0 spiro atoms. The number of hydrogen-bond acceptors (Lipinski definition) is 5. The number of nitrogens with one attached hydrogen (secondary N) is 2. The Bertz CT molecular complexity index is 416. The summed E-state index contributed by atoms with van der Waals surface area (Å²) in [4.78, 5) is 9.22. The maximum absolute atomic E-state index is 4.66. The number of anilines is 2. The summed E-state index contributed by atoms with van der Waals surface area (Å²) in [6.07, 6.45) is 3.41. The van der Waals surface area contributed by atoms with Crippen LogP contribution in [0.4, 0.5) is 11.6 Å².